The van der Waals surface area contributed by atoms with E-state index in [0.717, 1.165) is 30.9 Å². The van der Waals surface area contributed by atoms with Crippen molar-refractivity contribution in [3.05, 3.63) is 35.4 Å². The molecule has 0 aromatic heterocycles. The van der Waals surface area contributed by atoms with Gasteiger partial charge in [-0.05, 0) is 42.9 Å². The number of nitrogens with zero attached hydrogens (tertiary/aromatic N) is 1. The van der Waals surface area contributed by atoms with Crippen molar-refractivity contribution in [1.29, 1.82) is 0 Å². The number of halogens is 3. The van der Waals surface area contributed by atoms with Gasteiger partial charge in [-0.15, -0.1) is 12.4 Å². The fourth-order valence-corrected chi connectivity index (χ4v) is 2.93. The molecule has 1 aliphatic heterocycles. The number of hydrogen-bond acceptors (Lipinski definition) is 2. The molecule has 2 fully saturated rings. The monoisotopic (exact) mass is 316 g/mol. The molecular formula is C15H19ClF2N2O. The van der Waals surface area contributed by atoms with Gasteiger partial charge >= 0.3 is 0 Å². The second kappa shape index (κ2) is 6.28. The average Bonchev–Trinajstić information content (AvgIpc) is 3.22. The summed E-state index contributed by atoms with van der Waals surface area (Å²) in [6.45, 7) is 1.42. The molecule has 1 amide bonds. The lowest BCUT2D eigenvalue weighted by molar-refractivity contribution is -0.133. The first kappa shape index (κ1) is 16.2. The Labute approximate surface area is 128 Å². The van der Waals surface area contributed by atoms with E-state index >= 15 is 0 Å². The first-order chi connectivity index (χ1) is 9.56. The van der Waals surface area contributed by atoms with E-state index in [1.54, 1.807) is 6.07 Å². The van der Waals surface area contributed by atoms with Crippen molar-refractivity contribution in [1.82, 2.24) is 4.90 Å². The third kappa shape index (κ3) is 3.35. The Kier molecular flexibility index (Phi) is 4.84. The minimum Gasteiger partial charge on any atom is -0.342 e. The summed E-state index contributed by atoms with van der Waals surface area (Å²) < 4.78 is 26.1. The fourth-order valence-electron chi connectivity index (χ4n) is 2.93. The number of nitrogens with two attached hydrogens (primary N) is 1. The van der Waals surface area contributed by atoms with Crippen molar-refractivity contribution in [2.75, 3.05) is 13.1 Å². The van der Waals surface area contributed by atoms with Crippen LogP contribution in [0.15, 0.2) is 18.2 Å². The van der Waals surface area contributed by atoms with Gasteiger partial charge in [0.25, 0.3) is 0 Å². The number of hydrogen-bond donors (Lipinski definition) is 1. The van der Waals surface area contributed by atoms with E-state index in [1.807, 2.05) is 4.90 Å². The quantitative estimate of drug-likeness (QED) is 0.911. The minimum atomic E-state index is -0.845. The molecule has 1 saturated heterocycles. The fraction of sp³-hybridized carbons (Fsp3) is 0.533. The highest BCUT2D eigenvalue weighted by Crippen LogP contribution is 2.48. The van der Waals surface area contributed by atoms with Crippen LogP contribution in [0.3, 0.4) is 0 Å². The summed E-state index contributed by atoms with van der Waals surface area (Å²) in [4.78, 5) is 14.2. The molecule has 1 aromatic rings. The van der Waals surface area contributed by atoms with E-state index in [-0.39, 0.29) is 36.2 Å². The molecule has 6 heteroatoms. The van der Waals surface area contributed by atoms with Crippen molar-refractivity contribution >= 4 is 18.3 Å². The van der Waals surface area contributed by atoms with Crippen molar-refractivity contribution in [3.8, 4) is 0 Å². The summed E-state index contributed by atoms with van der Waals surface area (Å²) in [6.07, 6.45) is 2.41. The Morgan fingerprint density at radius 3 is 2.48 bits per heavy atom. The first-order valence-corrected chi connectivity index (χ1v) is 7.05. The van der Waals surface area contributed by atoms with Crippen molar-refractivity contribution in [2.24, 2.45) is 11.7 Å². The number of piperidine rings is 1. The summed E-state index contributed by atoms with van der Waals surface area (Å²) in [6, 6.07) is 4.10. The Bertz CT molecular complexity index is 532. The van der Waals surface area contributed by atoms with Crippen molar-refractivity contribution < 1.29 is 13.6 Å². The van der Waals surface area contributed by atoms with Crippen LogP contribution in [-0.4, -0.2) is 29.9 Å². The molecular weight excluding hydrogens is 298 g/mol. The van der Waals surface area contributed by atoms with Crippen LogP contribution in [0.25, 0.3) is 0 Å². The number of amides is 1. The maximum atomic E-state index is 13.2. The number of likely N-dealkylation sites (tertiary alicyclic amines) is 1. The van der Waals surface area contributed by atoms with Crippen LogP contribution in [0.4, 0.5) is 8.78 Å². The predicted octanol–water partition coefficient (Wildman–Crippen LogP) is 2.44. The van der Waals surface area contributed by atoms with Gasteiger partial charge in [-0.1, -0.05) is 6.07 Å². The van der Waals surface area contributed by atoms with Crippen LogP contribution in [0, 0.1) is 17.6 Å². The van der Waals surface area contributed by atoms with Crippen molar-refractivity contribution in [2.45, 2.75) is 31.2 Å². The van der Waals surface area contributed by atoms with Gasteiger partial charge in [-0.2, -0.15) is 0 Å². The van der Waals surface area contributed by atoms with Crippen LogP contribution in [0.5, 0.6) is 0 Å². The molecule has 1 aliphatic carbocycles. The van der Waals surface area contributed by atoms with Crippen LogP contribution in [0.1, 0.15) is 30.7 Å². The Balaban J connectivity index is 0.00000161. The van der Waals surface area contributed by atoms with Gasteiger partial charge in [0, 0.05) is 25.0 Å². The molecule has 1 aromatic carbocycles. The van der Waals surface area contributed by atoms with Crippen LogP contribution < -0.4 is 5.73 Å². The molecule has 0 bridgehead atoms. The summed E-state index contributed by atoms with van der Waals surface area (Å²) in [5.74, 6) is -1.60. The van der Waals surface area contributed by atoms with Gasteiger partial charge < -0.3 is 10.6 Å². The molecule has 2 unspecified atom stereocenters. The lowest BCUT2D eigenvalue weighted by Gasteiger charge is -2.30. The van der Waals surface area contributed by atoms with Gasteiger partial charge in [0.2, 0.25) is 5.91 Å². The topological polar surface area (TPSA) is 46.3 Å². The molecule has 2 atom stereocenters. The SMILES string of the molecule is Cl.NC1CCN(C(=O)C2CC2c2ccc(F)c(F)c2)CC1. The third-order valence-electron chi connectivity index (χ3n) is 4.33. The Morgan fingerprint density at radius 1 is 1.19 bits per heavy atom. The summed E-state index contributed by atoms with van der Waals surface area (Å²) in [7, 11) is 0. The second-order valence-corrected chi connectivity index (χ2v) is 5.78. The van der Waals surface area contributed by atoms with Gasteiger partial charge in [-0.25, -0.2) is 8.78 Å². The van der Waals surface area contributed by atoms with E-state index in [1.165, 1.54) is 6.07 Å². The zero-order valence-corrected chi connectivity index (χ0v) is 12.4. The van der Waals surface area contributed by atoms with Gasteiger partial charge in [-0.3, -0.25) is 4.79 Å². The van der Waals surface area contributed by atoms with E-state index in [4.69, 9.17) is 5.73 Å². The molecule has 2 aliphatic rings. The molecule has 21 heavy (non-hydrogen) atoms. The Hall–Kier alpha value is -1.20. The number of carbonyl (C=O) groups excluding carboxylic acids is 1. The lowest BCUT2D eigenvalue weighted by Crippen LogP contribution is -2.43. The van der Waals surface area contributed by atoms with E-state index < -0.39 is 11.6 Å². The molecule has 116 valence electrons. The second-order valence-electron chi connectivity index (χ2n) is 5.78. The first-order valence-electron chi connectivity index (χ1n) is 7.05. The standard InChI is InChI=1S/C15H18F2N2O.ClH/c16-13-2-1-9(7-14(13)17)11-8-12(11)15(20)19-5-3-10(18)4-6-19;/h1-2,7,10-12H,3-6,8,18H2;1H. The molecule has 1 saturated carbocycles. The lowest BCUT2D eigenvalue weighted by atomic mass is 10.0. The zero-order valence-electron chi connectivity index (χ0n) is 11.6. The summed E-state index contributed by atoms with van der Waals surface area (Å²) in [5.41, 5.74) is 6.54. The van der Waals surface area contributed by atoms with Gasteiger partial charge in [0.15, 0.2) is 11.6 Å². The largest absolute Gasteiger partial charge is 0.342 e. The maximum Gasteiger partial charge on any atom is 0.226 e. The minimum absolute atomic E-state index is 0. The molecule has 3 rings (SSSR count). The third-order valence-corrected chi connectivity index (χ3v) is 4.33. The van der Waals surface area contributed by atoms with E-state index in [2.05, 4.69) is 0 Å². The summed E-state index contributed by atoms with van der Waals surface area (Å²) in [5, 5.41) is 0. The van der Waals surface area contributed by atoms with Crippen LogP contribution >= 0.6 is 12.4 Å². The van der Waals surface area contributed by atoms with E-state index in [0.29, 0.717) is 13.1 Å². The molecule has 2 N–H and O–H groups in total. The Morgan fingerprint density at radius 2 is 1.86 bits per heavy atom. The number of rotatable bonds is 2. The van der Waals surface area contributed by atoms with Gasteiger partial charge in [0.05, 0.1) is 0 Å². The smallest absolute Gasteiger partial charge is 0.226 e. The molecule has 1 heterocycles. The van der Waals surface area contributed by atoms with E-state index in [9.17, 15) is 13.6 Å². The summed E-state index contributed by atoms with van der Waals surface area (Å²) >= 11 is 0. The molecule has 0 spiro atoms. The van der Waals surface area contributed by atoms with Crippen molar-refractivity contribution in [3.63, 3.8) is 0 Å². The molecule has 3 nitrogen and oxygen atoms in total. The average molecular weight is 317 g/mol. The highest BCUT2D eigenvalue weighted by molar-refractivity contribution is 5.85. The number of carbonyl (C=O) groups is 1. The predicted molar refractivity (Wildman–Crippen MR) is 78.2 cm³/mol. The zero-order chi connectivity index (χ0) is 14.3. The van der Waals surface area contributed by atoms with Gasteiger partial charge in [0.1, 0.15) is 0 Å². The molecule has 0 radical (unpaired) electrons. The van der Waals surface area contributed by atoms with Crippen LogP contribution in [0.2, 0.25) is 0 Å². The highest BCUT2D eigenvalue weighted by Gasteiger charge is 2.46. The van der Waals surface area contributed by atoms with Crippen LogP contribution in [-0.2, 0) is 4.79 Å². The number of benzene rings is 1. The highest BCUT2D eigenvalue weighted by atomic mass is 35.5. The normalized spacial score (nSPS) is 25.4. The maximum absolute atomic E-state index is 13.2.